The van der Waals surface area contributed by atoms with Gasteiger partial charge in [-0.2, -0.15) is 11.8 Å². The third-order valence-electron chi connectivity index (χ3n) is 2.26. The first-order chi connectivity index (χ1) is 8.72. The van der Waals surface area contributed by atoms with Crippen LogP contribution >= 0.6 is 23.5 Å². The van der Waals surface area contributed by atoms with Gasteiger partial charge >= 0.3 is 0 Å². The topological polar surface area (TPSA) is 29.1 Å². The predicted molar refractivity (Wildman–Crippen MR) is 77.7 cm³/mol. The highest BCUT2D eigenvalue weighted by Gasteiger charge is 1.99. The number of hydrogen-bond donors (Lipinski definition) is 1. The van der Waals surface area contributed by atoms with E-state index in [9.17, 15) is 9.18 Å². The van der Waals surface area contributed by atoms with Crippen molar-refractivity contribution in [3.63, 3.8) is 0 Å². The summed E-state index contributed by atoms with van der Waals surface area (Å²) >= 11 is 3.35. The molecular formula is C13H18FNOS2. The number of halogens is 1. The Hall–Kier alpha value is -0.680. The van der Waals surface area contributed by atoms with Crippen LogP contribution in [-0.2, 0) is 4.79 Å². The molecule has 0 saturated heterocycles. The molecule has 0 unspecified atom stereocenters. The average molecular weight is 287 g/mol. The second-order valence-corrected chi connectivity index (χ2v) is 5.90. The standard InChI is InChI=1S/C13H18FNOS2/c1-17-10-7-13(16)15-8-2-9-18-12-5-3-11(14)4-6-12/h3-6H,2,7-10H2,1H3,(H,15,16). The van der Waals surface area contributed by atoms with E-state index in [4.69, 9.17) is 0 Å². The fourth-order valence-corrected chi connectivity index (χ4v) is 2.55. The van der Waals surface area contributed by atoms with Crippen LogP contribution in [0.15, 0.2) is 29.2 Å². The van der Waals surface area contributed by atoms with Gasteiger partial charge in [0.2, 0.25) is 5.91 Å². The Morgan fingerprint density at radius 2 is 2.00 bits per heavy atom. The molecule has 1 amide bonds. The molecule has 18 heavy (non-hydrogen) atoms. The lowest BCUT2D eigenvalue weighted by atomic mass is 10.4. The summed E-state index contributed by atoms with van der Waals surface area (Å²) < 4.78 is 12.7. The number of carbonyl (C=O) groups is 1. The van der Waals surface area contributed by atoms with E-state index in [-0.39, 0.29) is 11.7 Å². The molecule has 0 radical (unpaired) electrons. The Balaban J connectivity index is 2.05. The second kappa shape index (κ2) is 9.28. The van der Waals surface area contributed by atoms with Crippen LogP contribution in [0.5, 0.6) is 0 Å². The summed E-state index contributed by atoms with van der Waals surface area (Å²) in [6, 6.07) is 6.48. The van der Waals surface area contributed by atoms with Crippen molar-refractivity contribution in [2.75, 3.05) is 24.3 Å². The first-order valence-corrected chi connectivity index (χ1v) is 8.24. The first kappa shape index (κ1) is 15.4. The van der Waals surface area contributed by atoms with E-state index in [0.29, 0.717) is 13.0 Å². The maximum absolute atomic E-state index is 12.7. The van der Waals surface area contributed by atoms with Crippen molar-refractivity contribution >= 4 is 29.4 Å². The van der Waals surface area contributed by atoms with Crippen molar-refractivity contribution in [1.82, 2.24) is 5.32 Å². The second-order valence-electron chi connectivity index (χ2n) is 3.75. The Morgan fingerprint density at radius 1 is 1.28 bits per heavy atom. The SMILES string of the molecule is CSCCC(=O)NCCCSc1ccc(F)cc1. The lowest BCUT2D eigenvalue weighted by Crippen LogP contribution is -2.24. The Labute approximate surface area is 116 Å². The highest BCUT2D eigenvalue weighted by molar-refractivity contribution is 7.99. The number of benzene rings is 1. The van der Waals surface area contributed by atoms with Gasteiger partial charge in [-0.1, -0.05) is 0 Å². The first-order valence-electron chi connectivity index (χ1n) is 5.86. The van der Waals surface area contributed by atoms with Gasteiger partial charge < -0.3 is 5.32 Å². The van der Waals surface area contributed by atoms with E-state index in [0.717, 1.165) is 22.8 Å². The Kier molecular flexibility index (Phi) is 7.93. The highest BCUT2D eigenvalue weighted by Crippen LogP contribution is 2.18. The molecule has 2 nitrogen and oxygen atoms in total. The van der Waals surface area contributed by atoms with Gasteiger partial charge in [0, 0.05) is 23.6 Å². The van der Waals surface area contributed by atoms with Crippen molar-refractivity contribution in [2.45, 2.75) is 17.7 Å². The zero-order chi connectivity index (χ0) is 13.2. The predicted octanol–water partition coefficient (Wildman–Crippen LogP) is 3.18. The van der Waals surface area contributed by atoms with Gasteiger partial charge in [0.05, 0.1) is 0 Å². The molecule has 1 aromatic carbocycles. The molecule has 0 aliphatic heterocycles. The monoisotopic (exact) mass is 287 g/mol. The van der Waals surface area contributed by atoms with Gasteiger partial charge in [0.25, 0.3) is 0 Å². The lowest BCUT2D eigenvalue weighted by Gasteiger charge is -2.04. The molecule has 0 heterocycles. The lowest BCUT2D eigenvalue weighted by molar-refractivity contribution is -0.120. The highest BCUT2D eigenvalue weighted by atomic mass is 32.2. The summed E-state index contributed by atoms with van der Waals surface area (Å²) in [6.07, 6.45) is 3.51. The quantitative estimate of drug-likeness (QED) is 0.588. The largest absolute Gasteiger partial charge is 0.356 e. The molecule has 100 valence electrons. The maximum atomic E-state index is 12.7. The number of nitrogens with one attached hydrogen (secondary N) is 1. The normalized spacial score (nSPS) is 10.3. The molecule has 0 aromatic heterocycles. The third kappa shape index (κ3) is 6.91. The van der Waals surface area contributed by atoms with Crippen molar-refractivity contribution in [3.05, 3.63) is 30.1 Å². The van der Waals surface area contributed by atoms with Crippen molar-refractivity contribution in [1.29, 1.82) is 0 Å². The summed E-state index contributed by atoms with van der Waals surface area (Å²) in [6.45, 7) is 0.710. The van der Waals surface area contributed by atoms with Gasteiger partial charge in [0.1, 0.15) is 5.82 Å². The number of thioether (sulfide) groups is 2. The van der Waals surface area contributed by atoms with Crippen LogP contribution in [0.2, 0.25) is 0 Å². The maximum Gasteiger partial charge on any atom is 0.220 e. The van der Waals surface area contributed by atoms with E-state index in [1.807, 2.05) is 6.26 Å². The van der Waals surface area contributed by atoms with Crippen LogP contribution in [0.3, 0.4) is 0 Å². The van der Waals surface area contributed by atoms with Crippen LogP contribution < -0.4 is 5.32 Å². The van der Waals surface area contributed by atoms with E-state index in [2.05, 4.69) is 5.32 Å². The van der Waals surface area contributed by atoms with Crippen molar-refractivity contribution in [3.8, 4) is 0 Å². The molecule has 0 saturated carbocycles. The van der Waals surface area contributed by atoms with Gasteiger partial charge in [-0.3, -0.25) is 4.79 Å². The van der Waals surface area contributed by atoms with Gasteiger partial charge in [-0.05, 0) is 42.7 Å². The Bertz CT molecular complexity index is 357. The van der Waals surface area contributed by atoms with Gasteiger partial charge in [-0.15, -0.1) is 11.8 Å². The summed E-state index contributed by atoms with van der Waals surface area (Å²) in [4.78, 5) is 12.4. The summed E-state index contributed by atoms with van der Waals surface area (Å²) in [7, 11) is 0. The van der Waals surface area contributed by atoms with Gasteiger partial charge in [0.15, 0.2) is 0 Å². The summed E-state index contributed by atoms with van der Waals surface area (Å²) in [5.74, 6) is 1.71. The fraction of sp³-hybridized carbons (Fsp3) is 0.462. The number of rotatable bonds is 8. The zero-order valence-corrected chi connectivity index (χ0v) is 12.1. The molecule has 0 aliphatic rings. The van der Waals surface area contributed by atoms with Crippen molar-refractivity contribution < 1.29 is 9.18 Å². The van der Waals surface area contributed by atoms with Crippen LogP contribution in [0.1, 0.15) is 12.8 Å². The number of carbonyl (C=O) groups excluding carboxylic acids is 1. The average Bonchev–Trinajstić information content (AvgIpc) is 2.38. The smallest absolute Gasteiger partial charge is 0.220 e. The molecule has 1 rings (SSSR count). The van der Waals surface area contributed by atoms with Crippen LogP contribution in [0, 0.1) is 5.82 Å². The van der Waals surface area contributed by atoms with E-state index >= 15 is 0 Å². The minimum absolute atomic E-state index is 0.121. The minimum Gasteiger partial charge on any atom is -0.356 e. The molecule has 5 heteroatoms. The summed E-state index contributed by atoms with van der Waals surface area (Å²) in [5, 5.41) is 2.89. The molecule has 0 aliphatic carbocycles. The molecule has 1 aromatic rings. The number of hydrogen-bond acceptors (Lipinski definition) is 3. The third-order valence-corrected chi connectivity index (χ3v) is 3.97. The van der Waals surface area contributed by atoms with Crippen LogP contribution in [-0.4, -0.2) is 30.2 Å². The molecule has 0 atom stereocenters. The van der Waals surface area contributed by atoms with E-state index in [1.54, 1.807) is 35.7 Å². The van der Waals surface area contributed by atoms with E-state index < -0.39 is 0 Å². The molecular weight excluding hydrogens is 269 g/mol. The minimum atomic E-state index is -0.208. The zero-order valence-electron chi connectivity index (χ0n) is 10.4. The van der Waals surface area contributed by atoms with Crippen molar-refractivity contribution in [2.24, 2.45) is 0 Å². The fourth-order valence-electron chi connectivity index (χ4n) is 1.30. The van der Waals surface area contributed by atoms with Gasteiger partial charge in [-0.25, -0.2) is 4.39 Å². The van der Waals surface area contributed by atoms with Crippen LogP contribution in [0.25, 0.3) is 0 Å². The molecule has 0 bridgehead atoms. The Morgan fingerprint density at radius 3 is 2.67 bits per heavy atom. The number of amides is 1. The summed E-state index contributed by atoms with van der Waals surface area (Å²) in [5.41, 5.74) is 0. The molecule has 0 spiro atoms. The molecule has 0 fully saturated rings. The van der Waals surface area contributed by atoms with E-state index in [1.165, 1.54) is 12.1 Å². The van der Waals surface area contributed by atoms with Crippen LogP contribution in [0.4, 0.5) is 4.39 Å². The molecule has 1 N–H and O–H groups in total.